The summed E-state index contributed by atoms with van der Waals surface area (Å²) in [5, 5.41) is 13.3. The van der Waals surface area contributed by atoms with Crippen molar-refractivity contribution in [1.82, 2.24) is 20.1 Å². The van der Waals surface area contributed by atoms with Gasteiger partial charge < -0.3 is 14.2 Å². The number of amides is 1. The standard InChI is InChI=1S/C15H15N5O3S/c21-13(17-15-16-5-8-24-15)10-3-1-6-20(10)9-12-18-19-14(23-12)11-4-2-7-22-11/h2,4-5,7-8,10H,1,3,6,9H2,(H,16,17,21)/t10-/m1/s1. The Balaban J connectivity index is 1.42. The molecule has 0 radical (unpaired) electrons. The van der Waals surface area contributed by atoms with Crippen LogP contribution < -0.4 is 5.32 Å². The number of furan rings is 1. The van der Waals surface area contributed by atoms with Crippen molar-refractivity contribution in [3.05, 3.63) is 35.9 Å². The molecule has 3 aromatic rings. The summed E-state index contributed by atoms with van der Waals surface area (Å²) in [5.74, 6) is 1.30. The van der Waals surface area contributed by atoms with Crippen LogP contribution in [-0.2, 0) is 11.3 Å². The zero-order chi connectivity index (χ0) is 16.4. The van der Waals surface area contributed by atoms with E-state index in [9.17, 15) is 4.79 Å². The van der Waals surface area contributed by atoms with Gasteiger partial charge in [0.25, 0.3) is 5.89 Å². The highest BCUT2D eigenvalue weighted by Gasteiger charge is 2.32. The van der Waals surface area contributed by atoms with E-state index in [1.54, 1.807) is 24.6 Å². The van der Waals surface area contributed by atoms with E-state index in [1.165, 1.54) is 11.3 Å². The summed E-state index contributed by atoms with van der Waals surface area (Å²) in [6.07, 6.45) is 4.98. The number of likely N-dealkylation sites (tertiary alicyclic amines) is 1. The van der Waals surface area contributed by atoms with Crippen molar-refractivity contribution < 1.29 is 13.6 Å². The Bertz CT molecular complexity index is 799. The summed E-state index contributed by atoms with van der Waals surface area (Å²) in [4.78, 5) is 18.6. The fraction of sp³-hybridized carbons (Fsp3) is 0.333. The summed E-state index contributed by atoms with van der Waals surface area (Å²) in [5.41, 5.74) is 0. The Kier molecular flexibility index (Phi) is 4.09. The van der Waals surface area contributed by atoms with Gasteiger partial charge in [0.15, 0.2) is 10.9 Å². The molecule has 1 aliphatic rings. The molecule has 24 heavy (non-hydrogen) atoms. The van der Waals surface area contributed by atoms with Crippen molar-refractivity contribution in [2.75, 3.05) is 11.9 Å². The fourth-order valence-electron chi connectivity index (χ4n) is 2.78. The Morgan fingerprint density at radius 1 is 1.46 bits per heavy atom. The molecule has 1 N–H and O–H groups in total. The molecule has 1 fully saturated rings. The number of nitrogens with zero attached hydrogens (tertiary/aromatic N) is 4. The molecule has 1 atom stereocenters. The van der Waals surface area contributed by atoms with Gasteiger partial charge in [-0.3, -0.25) is 9.69 Å². The highest BCUT2D eigenvalue weighted by molar-refractivity contribution is 7.13. The van der Waals surface area contributed by atoms with Crippen molar-refractivity contribution in [2.45, 2.75) is 25.4 Å². The van der Waals surface area contributed by atoms with Gasteiger partial charge in [-0.25, -0.2) is 4.98 Å². The smallest absolute Gasteiger partial charge is 0.283 e. The first-order valence-electron chi connectivity index (χ1n) is 7.60. The summed E-state index contributed by atoms with van der Waals surface area (Å²) < 4.78 is 10.9. The van der Waals surface area contributed by atoms with Crippen LogP contribution >= 0.6 is 11.3 Å². The van der Waals surface area contributed by atoms with Crippen LogP contribution in [0.1, 0.15) is 18.7 Å². The van der Waals surface area contributed by atoms with Gasteiger partial charge in [0.1, 0.15) is 0 Å². The zero-order valence-corrected chi connectivity index (χ0v) is 13.5. The van der Waals surface area contributed by atoms with Crippen molar-refractivity contribution in [2.24, 2.45) is 0 Å². The van der Waals surface area contributed by atoms with Crippen LogP contribution in [0.15, 0.2) is 38.8 Å². The second-order valence-electron chi connectivity index (χ2n) is 5.43. The highest BCUT2D eigenvalue weighted by Crippen LogP contribution is 2.23. The molecule has 0 spiro atoms. The van der Waals surface area contributed by atoms with E-state index >= 15 is 0 Å². The summed E-state index contributed by atoms with van der Waals surface area (Å²) in [6.45, 7) is 1.25. The number of rotatable bonds is 5. The molecule has 8 nitrogen and oxygen atoms in total. The van der Waals surface area contributed by atoms with Crippen LogP contribution in [0.25, 0.3) is 11.7 Å². The van der Waals surface area contributed by atoms with Crippen molar-refractivity contribution in [1.29, 1.82) is 0 Å². The molecule has 1 amide bonds. The number of hydrogen-bond donors (Lipinski definition) is 1. The average molecular weight is 345 g/mol. The SMILES string of the molecule is O=C(Nc1nccs1)[C@H]1CCCN1Cc1nnc(-c2ccco2)o1. The van der Waals surface area contributed by atoms with Crippen LogP contribution in [-0.4, -0.2) is 38.6 Å². The Morgan fingerprint density at radius 2 is 2.42 bits per heavy atom. The summed E-state index contributed by atoms with van der Waals surface area (Å²) in [7, 11) is 0. The summed E-state index contributed by atoms with van der Waals surface area (Å²) >= 11 is 1.40. The lowest BCUT2D eigenvalue weighted by molar-refractivity contribution is -0.120. The molecular formula is C15H15N5O3S. The summed E-state index contributed by atoms with van der Waals surface area (Å²) in [6, 6.07) is 3.31. The molecule has 0 bridgehead atoms. The Labute approximate surface area is 141 Å². The fourth-order valence-corrected chi connectivity index (χ4v) is 3.31. The topological polar surface area (TPSA) is 97.3 Å². The maximum atomic E-state index is 12.4. The lowest BCUT2D eigenvalue weighted by Gasteiger charge is -2.21. The number of thiazole rings is 1. The monoisotopic (exact) mass is 345 g/mol. The highest BCUT2D eigenvalue weighted by atomic mass is 32.1. The van der Waals surface area contributed by atoms with Crippen LogP contribution in [0.2, 0.25) is 0 Å². The lowest BCUT2D eigenvalue weighted by atomic mass is 10.2. The number of hydrogen-bond acceptors (Lipinski definition) is 8. The normalized spacial score (nSPS) is 18.1. The largest absolute Gasteiger partial charge is 0.459 e. The van der Waals surface area contributed by atoms with E-state index in [1.807, 2.05) is 10.3 Å². The van der Waals surface area contributed by atoms with Crippen LogP contribution in [0.3, 0.4) is 0 Å². The van der Waals surface area contributed by atoms with E-state index in [2.05, 4.69) is 20.5 Å². The number of carbonyl (C=O) groups is 1. The minimum Gasteiger partial charge on any atom is -0.459 e. The molecule has 4 rings (SSSR count). The maximum absolute atomic E-state index is 12.4. The van der Waals surface area contributed by atoms with Gasteiger partial charge in [0.2, 0.25) is 11.8 Å². The molecule has 1 saturated heterocycles. The first kappa shape index (κ1) is 15.0. The Hall–Kier alpha value is -2.52. The van der Waals surface area contributed by atoms with E-state index in [-0.39, 0.29) is 11.9 Å². The predicted octanol–water partition coefficient (Wildman–Crippen LogP) is 2.39. The number of aromatic nitrogens is 3. The Morgan fingerprint density at radius 3 is 3.21 bits per heavy atom. The van der Waals surface area contributed by atoms with Crippen LogP contribution in [0, 0.1) is 0 Å². The molecule has 0 saturated carbocycles. The van der Waals surface area contributed by atoms with Crippen molar-refractivity contribution in [3.8, 4) is 11.7 Å². The molecule has 9 heteroatoms. The van der Waals surface area contributed by atoms with Gasteiger partial charge in [0.05, 0.1) is 18.8 Å². The van der Waals surface area contributed by atoms with E-state index in [0.717, 1.165) is 19.4 Å². The van der Waals surface area contributed by atoms with Gasteiger partial charge in [-0.15, -0.1) is 21.5 Å². The third-order valence-corrected chi connectivity index (χ3v) is 4.55. The predicted molar refractivity (Wildman–Crippen MR) is 86.2 cm³/mol. The molecule has 0 unspecified atom stereocenters. The minimum atomic E-state index is -0.215. The number of carbonyl (C=O) groups excluding carboxylic acids is 1. The van der Waals surface area contributed by atoms with Gasteiger partial charge in [0, 0.05) is 11.6 Å². The van der Waals surface area contributed by atoms with Crippen LogP contribution in [0.5, 0.6) is 0 Å². The second-order valence-corrected chi connectivity index (χ2v) is 6.33. The molecule has 0 aliphatic carbocycles. The van der Waals surface area contributed by atoms with Crippen molar-refractivity contribution in [3.63, 3.8) is 0 Å². The van der Waals surface area contributed by atoms with Gasteiger partial charge in [-0.05, 0) is 31.5 Å². The first-order chi connectivity index (χ1) is 11.8. The second kappa shape index (κ2) is 6.54. The average Bonchev–Trinajstić information content (AvgIpc) is 3.36. The molecule has 0 aromatic carbocycles. The van der Waals surface area contributed by atoms with Crippen LogP contribution in [0.4, 0.5) is 5.13 Å². The van der Waals surface area contributed by atoms with Gasteiger partial charge in [-0.1, -0.05) is 0 Å². The molecule has 4 heterocycles. The molecule has 3 aromatic heterocycles. The number of anilines is 1. The van der Waals surface area contributed by atoms with Gasteiger partial charge >= 0.3 is 0 Å². The lowest BCUT2D eigenvalue weighted by Crippen LogP contribution is -2.39. The quantitative estimate of drug-likeness (QED) is 0.758. The first-order valence-corrected chi connectivity index (χ1v) is 8.48. The van der Waals surface area contributed by atoms with E-state index in [4.69, 9.17) is 8.83 Å². The van der Waals surface area contributed by atoms with E-state index in [0.29, 0.717) is 29.2 Å². The third kappa shape index (κ3) is 3.08. The van der Waals surface area contributed by atoms with Crippen molar-refractivity contribution >= 4 is 22.4 Å². The van der Waals surface area contributed by atoms with E-state index < -0.39 is 0 Å². The molecular weight excluding hydrogens is 330 g/mol. The minimum absolute atomic E-state index is 0.0479. The molecule has 124 valence electrons. The number of nitrogens with one attached hydrogen (secondary N) is 1. The third-order valence-electron chi connectivity index (χ3n) is 3.87. The zero-order valence-electron chi connectivity index (χ0n) is 12.7. The maximum Gasteiger partial charge on any atom is 0.283 e. The van der Waals surface area contributed by atoms with Gasteiger partial charge in [-0.2, -0.15) is 0 Å². The molecule has 1 aliphatic heterocycles.